The van der Waals surface area contributed by atoms with E-state index in [1.54, 1.807) is 0 Å². The average Bonchev–Trinajstić information content (AvgIpc) is 2.03. The minimum Gasteiger partial charge on any atom is -0.420 e. The van der Waals surface area contributed by atoms with Gasteiger partial charge in [0.25, 0.3) is 0 Å². The number of nitrogens with two attached hydrogens (primary N) is 1. The summed E-state index contributed by atoms with van der Waals surface area (Å²) >= 11 is 0. The van der Waals surface area contributed by atoms with Gasteiger partial charge in [0.15, 0.2) is 0 Å². The van der Waals surface area contributed by atoms with Crippen molar-refractivity contribution in [2.24, 2.45) is 5.73 Å². The summed E-state index contributed by atoms with van der Waals surface area (Å²) in [6, 6.07) is 2.74. The first-order valence-corrected chi connectivity index (χ1v) is 4.28. The van der Waals surface area contributed by atoms with Gasteiger partial charge in [-0.2, -0.15) is 0 Å². The van der Waals surface area contributed by atoms with Gasteiger partial charge in [0.2, 0.25) is 5.91 Å². The molecule has 7 heteroatoms. The standard InChI is InChI=1S/C7H5FNO3S.Fe/c8-4-1-2-5(7(9)10)6(3-4)13(11)12;/h1-3H,(H2,9,10);/q-1;+3. The van der Waals surface area contributed by atoms with Gasteiger partial charge in [-0.15, -0.1) is 0 Å². The number of hydrogen-bond donors (Lipinski definition) is 1. The summed E-state index contributed by atoms with van der Waals surface area (Å²) in [6.45, 7) is 0. The van der Waals surface area contributed by atoms with Gasteiger partial charge in [0.1, 0.15) is 5.82 Å². The first kappa shape index (κ1) is 13.1. The Balaban J connectivity index is 0.00000169. The van der Waals surface area contributed by atoms with E-state index in [2.05, 4.69) is 0 Å². The van der Waals surface area contributed by atoms with Crippen molar-refractivity contribution in [2.45, 2.75) is 4.90 Å². The maximum Gasteiger partial charge on any atom is 3.00 e. The van der Waals surface area contributed by atoms with Crippen LogP contribution in [0.4, 0.5) is 4.39 Å². The molecule has 75 valence electrons. The molecular formula is C7H5FFeNO3S+2. The molecule has 0 unspecified atom stereocenters. The zero-order valence-electron chi connectivity index (χ0n) is 6.67. The van der Waals surface area contributed by atoms with Crippen LogP contribution in [0.5, 0.6) is 0 Å². The van der Waals surface area contributed by atoms with Gasteiger partial charge < -0.3 is 14.2 Å². The molecule has 1 rings (SSSR count). The fraction of sp³-hybridized carbons (Fsp3) is 0. The second-order valence-corrected chi connectivity index (χ2v) is 3.15. The van der Waals surface area contributed by atoms with Crippen LogP contribution in [0.3, 0.4) is 0 Å². The predicted octanol–water partition coefficient (Wildman–Crippen LogP) is 0.590. The molecule has 0 heterocycles. The maximum atomic E-state index is 12.5. The number of carbonyl (C=O) groups excluding carboxylic acids is 1. The van der Waals surface area contributed by atoms with Crippen molar-refractivity contribution in [2.75, 3.05) is 0 Å². The molecule has 1 aromatic carbocycles. The van der Waals surface area contributed by atoms with Gasteiger partial charge in [0, 0.05) is 5.56 Å². The number of halogens is 1. The van der Waals surface area contributed by atoms with Gasteiger partial charge in [-0.1, -0.05) is 4.90 Å². The molecule has 0 aromatic heterocycles. The summed E-state index contributed by atoms with van der Waals surface area (Å²) in [5.74, 6) is -1.64. The molecule has 14 heavy (non-hydrogen) atoms. The molecule has 0 atom stereocenters. The molecule has 1 aromatic rings. The third-order valence-electron chi connectivity index (χ3n) is 1.39. The fourth-order valence-electron chi connectivity index (χ4n) is 0.838. The zero-order chi connectivity index (χ0) is 10.0. The number of primary amides is 1. The molecule has 2 N–H and O–H groups in total. The van der Waals surface area contributed by atoms with Crippen molar-refractivity contribution in [1.82, 2.24) is 0 Å². The largest absolute Gasteiger partial charge is 3.00 e. The molecule has 0 bridgehead atoms. The van der Waals surface area contributed by atoms with Crippen molar-refractivity contribution in [3.63, 3.8) is 0 Å². The quantitative estimate of drug-likeness (QED) is 0.623. The monoisotopic (exact) mass is 258 g/mol. The summed E-state index contributed by atoms with van der Waals surface area (Å²) in [7, 11) is -2.66. The topological polar surface area (TPSA) is 77.2 Å². The minimum atomic E-state index is -2.66. The van der Waals surface area contributed by atoms with Crippen LogP contribution >= 0.6 is 0 Å². The Morgan fingerprint density at radius 3 is 2.36 bits per heavy atom. The van der Waals surface area contributed by atoms with Crippen LogP contribution in [0.2, 0.25) is 0 Å². The Kier molecular flexibility index (Phi) is 4.76. The molecule has 1 amide bonds. The van der Waals surface area contributed by atoms with E-state index >= 15 is 0 Å². The molecular weight excluding hydrogens is 253 g/mol. The van der Waals surface area contributed by atoms with Crippen molar-refractivity contribution in [3.05, 3.63) is 29.6 Å². The smallest absolute Gasteiger partial charge is 0.420 e. The number of hydrogen-bond acceptors (Lipinski definition) is 4. The summed E-state index contributed by atoms with van der Waals surface area (Å²) in [6.07, 6.45) is 0. The number of amides is 1. The van der Waals surface area contributed by atoms with Crippen molar-refractivity contribution >= 4 is 16.6 Å². The van der Waals surface area contributed by atoms with Crippen molar-refractivity contribution in [3.8, 4) is 0 Å². The van der Waals surface area contributed by atoms with Crippen LogP contribution in [-0.2, 0) is 36.2 Å². The number of carbonyl (C=O) groups is 1. The predicted molar refractivity (Wildman–Crippen MR) is 41.9 cm³/mol. The molecule has 0 spiro atoms. The van der Waals surface area contributed by atoms with E-state index in [9.17, 15) is 17.6 Å². The van der Waals surface area contributed by atoms with Crippen LogP contribution in [0, 0.1) is 5.82 Å². The van der Waals surface area contributed by atoms with Crippen LogP contribution in [0.25, 0.3) is 0 Å². The third kappa shape index (κ3) is 2.80. The van der Waals surface area contributed by atoms with E-state index in [-0.39, 0.29) is 22.6 Å². The van der Waals surface area contributed by atoms with Gasteiger partial charge in [-0.3, -0.25) is 4.79 Å². The Bertz CT molecular complexity index is 425. The molecule has 1 radical (unpaired) electrons. The summed E-state index contributed by atoms with van der Waals surface area (Å²) in [5.41, 5.74) is 4.65. The second kappa shape index (κ2) is 5.09. The Morgan fingerprint density at radius 2 is 1.93 bits per heavy atom. The van der Waals surface area contributed by atoms with Gasteiger partial charge >= 0.3 is 17.1 Å². The van der Waals surface area contributed by atoms with E-state index in [1.807, 2.05) is 0 Å². The molecule has 0 saturated carbocycles. The van der Waals surface area contributed by atoms with E-state index in [4.69, 9.17) is 5.73 Å². The van der Waals surface area contributed by atoms with Gasteiger partial charge in [-0.25, -0.2) is 4.39 Å². The summed E-state index contributed by atoms with van der Waals surface area (Å²) < 4.78 is 33.6. The van der Waals surface area contributed by atoms with E-state index in [0.29, 0.717) is 0 Å². The van der Waals surface area contributed by atoms with Crippen LogP contribution in [0.15, 0.2) is 23.1 Å². The molecule has 4 nitrogen and oxygen atoms in total. The second-order valence-electron chi connectivity index (χ2n) is 2.24. The van der Waals surface area contributed by atoms with Gasteiger partial charge in [0.05, 0.1) is 0 Å². The van der Waals surface area contributed by atoms with Crippen LogP contribution in [0.1, 0.15) is 10.4 Å². The number of benzene rings is 1. The average molecular weight is 258 g/mol. The van der Waals surface area contributed by atoms with E-state index < -0.39 is 27.3 Å². The first-order valence-electron chi connectivity index (χ1n) is 3.21. The van der Waals surface area contributed by atoms with Crippen LogP contribution < -0.4 is 5.73 Å². The first-order chi connectivity index (χ1) is 6.02. The Labute approximate surface area is 91.7 Å². The molecule has 0 aliphatic rings. The van der Waals surface area contributed by atoms with Crippen molar-refractivity contribution < 1.29 is 34.7 Å². The normalized spacial score (nSPS) is 9.57. The summed E-state index contributed by atoms with van der Waals surface area (Å²) in [4.78, 5) is 10.2. The fourth-order valence-corrected chi connectivity index (χ4v) is 1.39. The van der Waals surface area contributed by atoms with E-state index in [1.165, 1.54) is 0 Å². The SMILES string of the molecule is NC(=O)c1ccc(F)cc1[S-](=O)=O.[Fe+3]. The van der Waals surface area contributed by atoms with Crippen LogP contribution in [-0.4, -0.2) is 5.91 Å². The molecule has 0 saturated heterocycles. The molecule has 0 aliphatic heterocycles. The maximum absolute atomic E-state index is 12.5. The Morgan fingerprint density at radius 1 is 1.36 bits per heavy atom. The third-order valence-corrected chi connectivity index (χ3v) is 2.09. The Hall–Kier alpha value is -0.911. The van der Waals surface area contributed by atoms with E-state index in [0.717, 1.165) is 18.2 Å². The van der Waals surface area contributed by atoms with Gasteiger partial charge in [-0.05, 0) is 28.9 Å². The number of rotatable bonds is 2. The summed E-state index contributed by atoms with van der Waals surface area (Å²) in [5, 5.41) is 0. The molecule has 0 aliphatic carbocycles. The zero-order valence-corrected chi connectivity index (χ0v) is 8.59. The molecule has 0 fully saturated rings. The van der Waals surface area contributed by atoms with Crippen molar-refractivity contribution in [1.29, 1.82) is 0 Å². The minimum absolute atomic E-state index is 0.